The number of halogens is 4. The van der Waals surface area contributed by atoms with E-state index >= 15 is 0 Å². The van der Waals surface area contributed by atoms with E-state index in [0.717, 1.165) is 12.1 Å². The Morgan fingerprint density at radius 3 is 2.77 bits per heavy atom. The largest absolute Gasteiger partial charge is 0.438 e. The minimum absolute atomic E-state index is 0.0000553. The molecule has 2 aliphatic rings. The maximum Gasteiger partial charge on any atom is 0.416 e. The number of nitrogens with one attached hydrogen (secondary N) is 2. The first-order chi connectivity index (χ1) is 14.6. The molecular weight excluding hydrogens is 418 g/mol. The van der Waals surface area contributed by atoms with E-state index in [1.807, 2.05) is 6.92 Å². The molecule has 0 aromatic carbocycles. The summed E-state index contributed by atoms with van der Waals surface area (Å²) in [5.74, 6) is 0.217. The number of anilines is 2. The Balaban J connectivity index is 1.88. The van der Waals surface area contributed by atoms with E-state index in [4.69, 9.17) is 4.74 Å². The van der Waals surface area contributed by atoms with Crippen molar-refractivity contribution >= 4 is 17.7 Å². The lowest BCUT2D eigenvalue weighted by Crippen LogP contribution is -2.49. The predicted molar refractivity (Wildman–Crippen MR) is 106 cm³/mol. The summed E-state index contributed by atoms with van der Waals surface area (Å²) in [6, 6.07) is 3.47. The molecule has 11 heteroatoms. The Labute approximate surface area is 175 Å². The molecule has 0 bridgehead atoms. The number of nitrogens with zero attached hydrogens (tertiary/aromatic N) is 3. The molecule has 0 saturated carbocycles. The van der Waals surface area contributed by atoms with Gasteiger partial charge in [0.05, 0.1) is 11.3 Å². The number of carbonyl (C=O) groups excluding carboxylic acids is 1. The lowest BCUT2D eigenvalue weighted by Gasteiger charge is -2.33. The number of hydrogen-bond donors (Lipinski definition) is 2. The number of fused-ring (bicyclic) bond motifs is 1. The van der Waals surface area contributed by atoms with E-state index in [2.05, 4.69) is 20.6 Å². The van der Waals surface area contributed by atoms with Crippen LogP contribution in [0.4, 0.5) is 34.0 Å². The summed E-state index contributed by atoms with van der Waals surface area (Å²) >= 11 is 0. The van der Waals surface area contributed by atoms with Crippen molar-refractivity contribution in [2.75, 3.05) is 29.9 Å². The van der Waals surface area contributed by atoms with Gasteiger partial charge in [-0.2, -0.15) is 13.2 Å². The number of hydrogen-bond acceptors (Lipinski definition) is 6. The van der Waals surface area contributed by atoms with Crippen molar-refractivity contribution in [1.82, 2.24) is 15.3 Å². The van der Waals surface area contributed by atoms with Crippen LogP contribution >= 0.6 is 0 Å². The van der Waals surface area contributed by atoms with Crippen LogP contribution in [0.25, 0.3) is 11.3 Å². The minimum Gasteiger partial charge on any atom is -0.438 e. The molecule has 0 aliphatic carbocycles. The molecule has 166 valence electrons. The van der Waals surface area contributed by atoms with Crippen LogP contribution in [0.15, 0.2) is 24.4 Å². The van der Waals surface area contributed by atoms with Gasteiger partial charge in [-0.05, 0) is 32.0 Å². The van der Waals surface area contributed by atoms with Gasteiger partial charge in [-0.25, -0.2) is 19.2 Å². The summed E-state index contributed by atoms with van der Waals surface area (Å²) in [6.45, 7) is 4.74. The Hall–Kier alpha value is -2.95. The first-order valence-corrected chi connectivity index (χ1v) is 9.82. The standard InChI is InChI=1S/C20H21F4N5O2/c1-10-9-29(6-5-25-10)15-8-12(20(22,23)24)7-14(27-15)13-3-4-26-18-16(13)17(11(2)21)31-19(30)28-18/h3-4,7-8,10-11,17,25H,5-6,9H2,1-2H3,(H,26,28,30)/t10-,11?,17?/m0/s1. The average molecular weight is 439 g/mol. The monoisotopic (exact) mass is 439 g/mol. The number of pyridine rings is 2. The van der Waals surface area contributed by atoms with Gasteiger partial charge < -0.3 is 15.0 Å². The Morgan fingerprint density at radius 1 is 1.32 bits per heavy atom. The highest BCUT2D eigenvalue weighted by atomic mass is 19.4. The van der Waals surface area contributed by atoms with E-state index in [9.17, 15) is 22.4 Å². The third-order valence-electron chi connectivity index (χ3n) is 5.25. The second-order valence-electron chi connectivity index (χ2n) is 7.65. The summed E-state index contributed by atoms with van der Waals surface area (Å²) in [7, 11) is 0. The second-order valence-corrected chi connectivity index (χ2v) is 7.65. The number of ether oxygens (including phenoxy) is 1. The molecule has 3 atom stereocenters. The molecule has 1 fully saturated rings. The van der Waals surface area contributed by atoms with E-state index in [-0.39, 0.29) is 34.5 Å². The van der Waals surface area contributed by atoms with Crippen molar-refractivity contribution in [2.24, 2.45) is 0 Å². The van der Waals surface area contributed by atoms with Gasteiger partial charge in [0.25, 0.3) is 0 Å². The zero-order chi connectivity index (χ0) is 22.3. The minimum atomic E-state index is -4.60. The Kier molecular flexibility index (Phi) is 5.46. The quantitative estimate of drug-likeness (QED) is 0.706. The van der Waals surface area contributed by atoms with Gasteiger partial charge in [0.1, 0.15) is 17.8 Å². The van der Waals surface area contributed by atoms with Crippen molar-refractivity contribution in [3.8, 4) is 11.3 Å². The smallest absolute Gasteiger partial charge is 0.416 e. The zero-order valence-corrected chi connectivity index (χ0v) is 16.8. The van der Waals surface area contributed by atoms with Crippen molar-refractivity contribution in [2.45, 2.75) is 38.3 Å². The zero-order valence-electron chi connectivity index (χ0n) is 16.8. The van der Waals surface area contributed by atoms with Gasteiger partial charge in [-0.15, -0.1) is 0 Å². The van der Waals surface area contributed by atoms with Crippen LogP contribution in [-0.2, 0) is 10.9 Å². The molecule has 4 heterocycles. The molecule has 4 rings (SSSR count). The van der Waals surface area contributed by atoms with Crippen molar-refractivity contribution in [3.05, 3.63) is 35.5 Å². The Morgan fingerprint density at radius 2 is 2.10 bits per heavy atom. The van der Waals surface area contributed by atoms with Crippen LogP contribution in [0.3, 0.4) is 0 Å². The maximum absolute atomic E-state index is 14.3. The lowest BCUT2D eigenvalue weighted by molar-refractivity contribution is -0.137. The average Bonchev–Trinajstić information content (AvgIpc) is 2.71. The molecule has 1 amide bonds. The van der Waals surface area contributed by atoms with Crippen LogP contribution in [0.2, 0.25) is 0 Å². The summed E-state index contributed by atoms with van der Waals surface area (Å²) in [5, 5.41) is 5.61. The van der Waals surface area contributed by atoms with Crippen LogP contribution in [0.1, 0.15) is 31.1 Å². The van der Waals surface area contributed by atoms with E-state index in [1.165, 1.54) is 19.2 Å². The molecule has 7 nitrogen and oxygen atoms in total. The highest BCUT2D eigenvalue weighted by molar-refractivity contribution is 5.89. The molecule has 2 aliphatic heterocycles. The van der Waals surface area contributed by atoms with Crippen molar-refractivity contribution in [3.63, 3.8) is 0 Å². The number of rotatable bonds is 3. The topological polar surface area (TPSA) is 79.4 Å². The van der Waals surface area contributed by atoms with Gasteiger partial charge in [-0.1, -0.05) is 0 Å². The molecule has 2 N–H and O–H groups in total. The number of alkyl halides is 4. The number of cyclic esters (lactones) is 1. The number of aromatic nitrogens is 2. The highest BCUT2D eigenvalue weighted by Crippen LogP contribution is 2.41. The molecule has 0 radical (unpaired) electrons. The van der Waals surface area contributed by atoms with Gasteiger partial charge >= 0.3 is 12.3 Å². The molecule has 2 aromatic rings. The third kappa shape index (κ3) is 4.27. The van der Waals surface area contributed by atoms with Crippen LogP contribution in [0, 0.1) is 0 Å². The second kappa shape index (κ2) is 7.95. The van der Waals surface area contributed by atoms with Crippen LogP contribution in [-0.4, -0.2) is 47.9 Å². The van der Waals surface area contributed by atoms with Crippen LogP contribution in [0.5, 0.6) is 0 Å². The van der Waals surface area contributed by atoms with Gasteiger partial charge in [0, 0.05) is 43.0 Å². The van der Waals surface area contributed by atoms with E-state index in [1.54, 1.807) is 4.90 Å². The first-order valence-electron chi connectivity index (χ1n) is 9.82. The first kappa shape index (κ1) is 21.3. The predicted octanol–water partition coefficient (Wildman–Crippen LogP) is 3.92. The fraction of sp³-hybridized carbons (Fsp3) is 0.450. The lowest BCUT2D eigenvalue weighted by atomic mass is 9.96. The van der Waals surface area contributed by atoms with Gasteiger partial charge in [0.15, 0.2) is 6.10 Å². The van der Waals surface area contributed by atoms with Crippen LogP contribution < -0.4 is 15.5 Å². The van der Waals surface area contributed by atoms with E-state index < -0.39 is 30.1 Å². The third-order valence-corrected chi connectivity index (χ3v) is 5.25. The molecule has 31 heavy (non-hydrogen) atoms. The normalized spacial score (nSPS) is 22.4. The fourth-order valence-electron chi connectivity index (χ4n) is 3.83. The molecule has 1 saturated heterocycles. The van der Waals surface area contributed by atoms with Gasteiger partial charge in [-0.3, -0.25) is 5.32 Å². The highest BCUT2D eigenvalue weighted by Gasteiger charge is 2.37. The molecular formula is C20H21F4N5O2. The van der Waals surface area contributed by atoms with Crippen molar-refractivity contribution < 1.29 is 27.1 Å². The number of carbonyl (C=O) groups is 1. The summed E-state index contributed by atoms with van der Waals surface area (Å²) < 4.78 is 60.4. The summed E-state index contributed by atoms with van der Waals surface area (Å²) in [6.07, 6.45) is -7.07. The van der Waals surface area contributed by atoms with E-state index in [0.29, 0.717) is 19.6 Å². The summed E-state index contributed by atoms with van der Waals surface area (Å²) in [5.41, 5.74) is -0.492. The maximum atomic E-state index is 14.3. The number of piperazine rings is 1. The molecule has 2 unspecified atom stereocenters. The summed E-state index contributed by atoms with van der Waals surface area (Å²) in [4.78, 5) is 22.0. The van der Waals surface area contributed by atoms with Crippen molar-refractivity contribution in [1.29, 1.82) is 0 Å². The Bertz CT molecular complexity index is 998. The van der Waals surface area contributed by atoms with Gasteiger partial charge in [0.2, 0.25) is 0 Å². The number of amides is 1. The molecule has 0 spiro atoms. The fourth-order valence-corrected chi connectivity index (χ4v) is 3.83. The molecule has 2 aromatic heterocycles. The SMILES string of the molecule is CC(F)C1OC(=O)Nc2nccc(-c3cc(C(F)(F)F)cc(N4CCN[C@@H](C)C4)n3)c21.